The zero-order valence-corrected chi connectivity index (χ0v) is 13.0. The summed E-state index contributed by atoms with van der Waals surface area (Å²) in [6.45, 7) is 0.446. The third-order valence-electron chi connectivity index (χ3n) is 1.48. The van der Waals surface area contributed by atoms with Crippen molar-refractivity contribution in [3.05, 3.63) is 25.3 Å². The lowest BCUT2D eigenvalue weighted by molar-refractivity contribution is 0.319. The van der Waals surface area contributed by atoms with Crippen LogP contribution in [0.1, 0.15) is 0 Å². The zero-order valence-electron chi connectivity index (χ0n) is 7.14. The van der Waals surface area contributed by atoms with Crippen LogP contribution in [0.3, 0.4) is 0 Å². The van der Waals surface area contributed by atoms with Gasteiger partial charge in [-0.05, 0) is 63.4 Å². The van der Waals surface area contributed by atoms with Gasteiger partial charge in [-0.2, -0.15) is 0 Å². The molecule has 78 valence electrons. The van der Waals surface area contributed by atoms with Crippen LogP contribution < -0.4 is 4.74 Å². The lowest BCUT2D eigenvalue weighted by atomic mass is 10.3. The van der Waals surface area contributed by atoms with E-state index < -0.39 is 0 Å². The number of rotatable bonds is 4. The van der Waals surface area contributed by atoms with E-state index in [1.165, 1.54) is 3.57 Å². The fourth-order valence-electron chi connectivity index (χ4n) is 0.817. The van der Waals surface area contributed by atoms with Gasteiger partial charge in [0.2, 0.25) is 0 Å². The van der Waals surface area contributed by atoms with Gasteiger partial charge in [-0.1, -0.05) is 0 Å². The minimum Gasteiger partial charge on any atom is -0.491 e. The van der Waals surface area contributed by atoms with Crippen molar-refractivity contribution >= 4 is 68.4 Å². The second-order valence-corrected chi connectivity index (χ2v) is 5.97. The molecule has 5 heteroatoms. The van der Waals surface area contributed by atoms with Crippen LogP contribution in [-0.4, -0.2) is 17.9 Å². The molecule has 0 heterocycles. The standard InChI is InChI=1S/C9H8Cl2I2O/c10-4-6(11)5-14-9-2-1-7(12)3-8(9)13/h1-3,6H,4-5H2. The van der Waals surface area contributed by atoms with Gasteiger partial charge < -0.3 is 4.74 Å². The van der Waals surface area contributed by atoms with Gasteiger partial charge in [-0.25, -0.2) is 0 Å². The van der Waals surface area contributed by atoms with E-state index in [-0.39, 0.29) is 5.38 Å². The Morgan fingerprint density at radius 1 is 1.36 bits per heavy atom. The SMILES string of the molecule is ClCC(Cl)COc1ccc(I)cc1I. The van der Waals surface area contributed by atoms with Crippen LogP contribution >= 0.6 is 68.4 Å². The van der Waals surface area contributed by atoms with Crippen LogP contribution in [0.4, 0.5) is 0 Å². The molecular formula is C9H8Cl2I2O. The first-order chi connectivity index (χ1) is 6.63. The molecule has 1 unspecified atom stereocenters. The van der Waals surface area contributed by atoms with Crippen LogP contribution in [0.25, 0.3) is 0 Å². The summed E-state index contributed by atoms with van der Waals surface area (Å²) >= 11 is 15.9. The summed E-state index contributed by atoms with van der Waals surface area (Å²) in [4.78, 5) is 0. The molecule has 0 aromatic heterocycles. The number of ether oxygens (including phenoxy) is 1. The number of hydrogen-bond acceptors (Lipinski definition) is 1. The van der Waals surface area contributed by atoms with E-state index in [1.54, 1.807) is 0 Å². The second-order valence-electron chi connectivity index (χ2n) is 2.64. The Labute approximate surface area is 121 Å². The van der Waals surface area contributed by atoms with E-state index in [0.717, 1.165) is 9.32 Å². The van der Waals surface area contributed by atoms with Gasteiger partial charge in [0.25, 0.3) is 0 Å². The van der Waals surface area contributed by atoms with Gasteiger partial charge >= 0.3 is 0 Å². The molecule has 1 aromatic rings. The number of benzene rings is 1. The summed E-state index contributed by atoms with van der Waals surface area (Å²) in [7, 11) is 0. The molecule has 0 amide bonds. The Balaban J connectivity index is 2.59. The van der Waals surface area contributed by atoms with Crippen molar-refractivity contribution in [1.82, 2.24) is 0 Å². The highest BCUT2D eigenvalue weighted by molar-refractivity contribution is 14.1. The summed E-state index contributed by atoms with van der Waals surface area (Å²) in [6, 6.07) is 6.00. The summed E-state index contributed by atoms with van der Waals surface area (Å²) in [6.07, 6.45) is 0. The molecular weight excluding hydrogens is 449 g/mol. The molecule has 0 aliphatic heterocycles. The van der Waals surface area contributed by atoms with Crippen LogP contribution in [-0.2, 0) is 0 Å². The number of alkyl halides is 2. The number of hydrogen-bond donors (Lipinski definition) is 0. The largest absolute Gasteiger partial charge is 0.491 e. The predicted octanol–water partition coefficient (Wildman–Crippen LogP) is 4.12. The molecule has 0 fully saturated rings. The lowest BCUT2D eigenvalue weighted by Crippen LogP contribution is -2.13. The molecule has 0 saturated carbocycles. The molecule has 0 radical (unpaired) electrons. The van der Waals surface area contributed by atoms with Crippen LogP contribution in [0.15, 0.2) is 18.2 Å². The first-order valence-corrected chi connectivity index (χ1v) is 7.04. The molecule has 0 aliphatic rings. The van der Waals surface area contributed by atoms with Crippen molar-refractivity contribution in [2.24, 2.45) is 0 Å². The fourth-order valence-corrected chi connectivity index (χ4v) is 2.73. The van der Waals surface area contributed by atoms with Gasteiger partial charge in [0.15, 0.2) is 0 Å². The third-order valence-corrected chi connectivity index (χ3v) is 3.81. The summed E-state index contributed by atoms with van der Waals surface area (Å²) in [5, 5.41) is -0.133. The van der Waals surface area contributed by atoms with Gasteiger partial charge in [0.1, 0.15) is 12.4 Å². The van der Waals surface area contributed by atoms with E-state index in [0.29, 0.717) is 12.5 Å². The minimum absolute atomic E-state index is 0.133. The Morgan fingerprint density at radius 2 is 2.07 bits per heavy atom. The van der Waals surface area contributed by atoms with Gasteiger partial charge in [0.05, 0.1) is 8.95 Å². The highest BCUT2D eigenvalue weighted by Gasteiger charge is 2.06. The number of halogens is 4. The Morgan fingerprint density at radius 3 is 2.64 bits per heavy atom. The molecule has 0 aliphatic carbocycles. The second kappa shape index (κ2) is 6.60. The van der Waals surface area contributed by atoms with Crippen molar-refractivity contribution in [2.75, 3.05) is 12.5 Å². The third kappa shape index (κ3) is 4.28. The van der Waals surface area contributed by atoms with Gasteiger partial charge in [-0.3, -0.25) is 0 Å². The minimum atomic E-state index is -0.133. The quantitative estimate of drug-likeness (QED) is 0.489. The summed E-state index contributed by atoms with van der Waals surface area (Å²) < 4.78 is 7.80. The Kier molecular flexibility index (Phi) is 6.19. The molecule has 0 saturated heterocycles. The van der Waals surface area contributed by atoms with Crippen molar-refractivity contribution in [3.8, 4) is 5.75 Å². The monoisotopic (exact) mass is 456 g/mol. The predicted molar refractivity (Wildman–Crippen MR) is 77.7 cm³/mol. The van der Waals surface area contributed by atoms with E-state index in [9.17, 15) is 0 Å². The van der Waals surface area contributed by atoms with E-state index in [1.807, 2.05) is 12.1 Å². The Hall–Kier alpha value is 1.06. The average Bonchev–Trinajstić information content (AvgIpc) is 2.16. The molecule has 1 aromatic carbocycles. The molecule has 14 heavy (non-hydrogen) atoms. The van der Waals surface area contributed by atoms with E-state index >= 15 is 0 Å². The first kappa shape index (κ1) is 13.1. The zero-order chi connectivity index (χ0) is 10.6. The average molecular weight is 457 g/mol. The highest BCUT2D eigenvalue weighted by Crippen LogP contribution is 2.23. The van der Waals surface area contributed by atoms with E-state index in [4.69, 9.17) is 27.9 Å². The maximum atomic E-state index is 5.84. The van der Waals surface area contributed by atoms with Crippen LogP contribution in [0.5, 0.6) is 5.75 Å². The highest BCUT2D eigenvalue weighted by atomic mass is 127. The first-order valence-electron chi connectivity index (χ1n) is 3.91. The molecule has 0 bridgehead atoms. The summed E-state index contributed by atoms with van der Waals surface area (Å²) in [5.41, 5.74) is 0. The topological polar surface area (TPSA) is 9.23 Å². The van der Waals surface area contributed by atoms with Gasteiger partial charge in [-0.15, -0.1) is 23.2 Å². The van der Waals surface area contributed by atoms with Crippen molar-refractivity contribution in [3.63, 3.8) is 0 Å². The lowest BCUT2D eigenvalue weighted by Gasteiger charge is -2.10. The molecule has 1 rings (SSSR count). The van der Waals surface area contributed by atoms with Crippen LogP contribution in [0, 0.1) is 7.14 Å². The molecule has 0 spiro atoms. The molecule has 1 nitrogen and oxygen atoms in total. The summed E-state index contributed by atoms with van der Waals surface area (Å²) in [5.74, 6) is 1.27. The normalized spacial score (nSPS) is 12.6. The van der Waals surface area contributed by atoms with E-state index in [2.05, 4.69) is 51.2 Å². The molecule has 0 N–H and O–H groups in total. The van der Waals surface area contributed by atoms with Crippen molar-refractivity contribution in [1.29, 1.82) is 0 Å². The maximum Gasteiger partial charge on any atom is 0.132 e. The van der Waals surface area contributed by atoms with Crippen molar-refractivity contribution in [2.45, 2.75) is 5.38 Å². The smallest absolute Gasteiger partial charge is 0.132 e. The maximum absolute atomic E-state index is 5.84. The fraction of sp³-hybridized carbons (Fsp3) is 0.333. The molecule has 1 atom stereocenters. The Bertz CT molecular complexity index is 307. The van der Waals surface area contributed by atoms with Crippen molar-refractivity contribution < 1.29 is 4.74 Å². The van der Waals surface area contributed by atoms with Gasteiger partial charge in [0, 0.05) is 9.45 Å². The van der Waals surface area contributed by atoms with Crippen LogP contribution in [0.2, 0.25) is 0 Å².